The highest BCUT2D eigenvalue weighted by molar-refractivity contribution is 5.50. The molecule has 3 nitrogen and oxygen atoms in total. The molecule has 0 saturated heterocycles. The van der Waals surface area contributed by atoms with Crippen LogP contribution in [0.5, 0.6) is 0 Å². The number of anilines is 1. The first-order valence-corrected chi connectivity index (χ1v) is 4.67. The quantitative estimate of drug-likeness (QED) is 0.775. The highest BCUT2D eigenvalue weighted by Gasteiger charge is 2.09. The average Bonchev–Trinajstić information content (AvgIpc) is 2.47. The maximum absolute atomic E-state index is 12.7. The van der Waals surface area contributed by atoms with Crippen LogP contribution in [0.2, 0.25) is 0 Å². The van der Waals surface area contributed by atoms with Gasteiger partial charge in [0, 0.05) is 0 Å². The van der Waals surface area contributed by atoms with Crippen LogP contribution in [0.4, 0.5) is 10.1 Å². The number of hydrogen-bond donors (Lipinski definition) is 1. The minimum Gasteiger partial charge on any atom is -0.396 e. The van der Waals surface area contributed by atoms with E-state index in [9.17, 15) is 4.39 Å². The van der Waals surface area contributed by atoms with Gasteiger partial charge in [0.15, 0.2) is 0 Å². The molecule has 0 spiro atoms. The predicted octanol–water partition coefficient (Wildman–Crippen LogP) is 2.21. The van der Waals surface area contributed by atoms with Gasteiger partial charge in [-0.2, -0.15) is 5.10 Å². The average molecular weight is 205 g/mol. The van der Waals surface area contributed by atoms with E-state index in [1.54, 1.807) is 16.8 Å². The van der Waals surface area contributed by atoms with E-state index in [4.69, 9.17) is 5.73 Å². The molecule has 0 aliphatic carbocycles. The van der Waals surface area contributed by atoms with E-state index in [1.165, 1.54) is 12.1 Å². The minimum atomic E-state index is -0.256. The van der Waals surface area contributed by atoms with E-state index in [1.807, 2.05) is 13.8 Å². The first-order valence-electron chi connectivity index (χ1n) is 4.67. The Bertz CT molecular complexity index is 485. The van der Waals surface area contributed by atoms with Crippen molar-refractivity contribution in [1.29, 1.82) is 0 Å². The SMILES string of the molecule is Cc1nn(-c2ccc(F)cc2)c(C)c1N. The van der Waals surface area contributed by atoms with Crippen LogP contribution in [-0.4, -0.2) is 9.78 Å². The summed E-state index contributed by atoms with van der Waals surface area (Å²) in [6.45, 7) is 3.74. The molecule has 2 rings (SSSR count). The second kappa shape index (κ2) is 3.38. The van der Waals surface area contributed by atoms with Crippen LogP contribution in [0.25, 0.3) is 5.69 Å². The van der Waals surface area contributed by atoms with Crippen LogP contribution in [0, 0.1) is 19.7 Å². The zero-order chi connectivity index (χ0) is 11.0. The van der Waals surface area contributed by atoms with Gasteiger partial charge in [0.05, 0.1) is 22.8 Å². The lowest BCUT2D eigenvalue weighted by Crippen LogP contribution is -1.99. The third-order valence-corrected chi connectivity index (χ3v) is 2.42. The maximum atomic E-state index is 12.7. The molecule has 4 heteroatoms. The Morgan fingerprint density at radius 3 is 2.27 bits per heavy atom. The van der Waals surface area contributed by atoms with Gasteiger partial charge in [-0.1, -0.05) is 0 Å². The normalized spacial score (nSPS) is 10.6. The van der Waals surface area contributed by atoms with E-state index in [-0.39, 0.29) is 5.82 Å². The lowest BCUT2D eigenvalue weighted by atomic mass is 10.3. The van der Waals surface area contributed by atoms with Crippen molar-refractivity contribution < 1.29 is 4.39 Å². The van der Waals surface area contributed by atoms with Crippen LogP contribution in [0.15, 0.2) is 24.3 Å². The largest absolute Gasteiger partial charge is 0.396 e. The van der Waals surface area contributed by atoms with Gasteiger partial charge in [-0.3, -0.25) is 0 Å². The summed E-state index contributed by atoms with van der Waals surface area (Å²) in [7, 11) is 0. The molecule has 0 amide bonds. The molecule has 0 atom stereocenters. The third-order valence-electron chi connectivity index (χ3n) is 2.42. The number of nitrogens with zero attached hydrogens (tertiary/aromatic N) is 2. The zero-order valence-corrected chi connectivity index (χ0v) is 8.66. The van der Waals surface area contributed by atoms with Crippen molar-refractivity contribution in [3.8, 4) is 5.69 Å². The van der Waals surface area contributed by atoms with E-state index in [0.717, 1.165) is 17.1 Å². The molecule has 15 heavy (non-hydrogen) atoms. The predicted molar refractivity (Wildman–Crippen MR) is 57.4 cm³/mol. The second-order valence-electron chi connectivity index (χ2n) is 3.47. The zero-order valence-electron chi connectivity index (χ0n) is 8.66. The second-order valence-corrected chi connectivity index (χ2v) is 3.47. The van der Waals surface area contributed by atoms with Crippen LogP contribution in [0.3, 0.4) is 0 Å². The minimum absolute atomic E-state index is 0.256. The number of aryl methyl sites for hydroxylation is 1. The van der Waals surface area contributed by atoms with Crippen LogP contribution in [-0.2, 0) is 0 Å². The number of aromatic nitrogens is 2. The molecule has 0 unspecified atom stereocenters. The molecule has 2 N–H and O–H groups in total. The van der Waals surface area contributed by atoms with Gasteiger partial charge >= 0.3 is 0 Å². The van der Waals surface area contributed by atoms with Gasteiger partial charge in [0.1, 0.15) is 5.82 Å². The number of hydrogen-bond acceptors (Lipinski definition) is 2. The topological polar surface area (TPSA) is 43.8 Å². The van der Waals surface area contributed by atoms with Crippen LogP contribution < -0.4 is 5.73 Å². The molecule has 1 heterocycles. The monoisotopic (exact) mass is 205 g/mol. The third kappa shape index (κ3) is 1.58. The van der Waals surface area contributed by atoms with Gasteiger partial charge in [0.2, 0.25) is 0 Å². The number of nitrogens with two attached hydrogens (primary N) is 1. The molecule has 2 aromatic rings. The summed E-state index contributed by atoms with van der Waals surface area (Å²) in [4.78, 5) is 0. The first-order chi connectivity index (χ1) is 7.09. The molecule has 0 saturated carbocycles. The van der Waals surface area contributed by atoms with E-state index >= 15 is 0 Å². The van der Waals surface area contributed by atoms with Crippen molar-refractivity contribution >= 4 is 5.69 Å². The maximum Gasteiger partial charge on any atom is 0.123 e. The fourth-order valence-corrected chi connectivity index (χ4v) is 1.49. The molecule has 1 aromatic heterocycles. The summed E-state index contributed by atoms with van der Waals surface area (Å²) in [6.07, 6.45) is 0. The fourth-order valence-electron chi connectivity index (χ4n) is 1.49. The van der Waals surface area contributed by atoms with Gasteiger partial charge in [-0.25, -0.2) is 9.07 Å². The van der Waals surface area contributed by atoms with Gasteiger partial charge in [-0.05, 0) is 38.1 Å². The number of halogens is 1. The van der Waals surface area contributed by atoms with Crippen molar-refractivity contribution in [3.63, 3.8) is 0 Å². The fraction of sp³-hybridized carbons (Fsp3) is 0.182. The van der Waals surface area contributed by atoms with Crippen molar-refractivity contribution in [2.75, 3.05) is 5.73 Å². The summed E-state index contributed by atoms with van der Waals surface area (Å²) in [5.41, 5.74) is 8.97. The first kappa shape index (κ1) is 9.71. The number of rotatable bonds is 1. The summed E-state index contributed by atoms with van der Waals surface area (Å²) in [5, 5.41) is 4.28. The van der Waals surface area contributed by atoms with Crippen LogP contribution in [0.1, 0.15) is 11.4 Å². The number of nitrogen functional groups attached to an aromatic ring is 1. The summed E-state index contributed by atoms with van der Waals surface area (Å²) >= 11 is 0. The smallest absolute Gasteiger partial charge is 0.123 e. The Kier molecular flexibility index (Phi) is 2.19. The Morgan fingerprint density at radius 1 is 1.20 bits per heavy atom. The van der Waals surface area contributed by atoms with Gasteiger partial charge in [0.25, 0.3) is 0 Å². The molecule has 0 bridgehead atoms. The lowest BCUT2D eigenvalue weighted by molar-refractivity contribution is 0.627. The highest BCUT2D eigenvalue weighted by Crippen LogP contribution is 2.19. The molecular weight excluding hydrogens is 193 g/mol. The van der Waals surface area contributed by atoms with Crippen molar-refractivity contribution in [2.45, 2.75) is 13.8 Å². The molecule has 1 aromatic carbocycles. The Hall–Kier alpha value is -1.84. The Labute approximate surface area is 87.3 Å². The van der Waals surface area contributed by atoms with Gasteiger partial charge < -0.3 is 5.73 Å². The molecule has 0 radical (unpaired) electrons. The lowest BCUT2D eigenvalue weighted by Gasteiger charge is -2.03. The van der Waals surface area contributed by atoms with Crippen LogP contribution >= 0.6 is 0 Å². The van der Waals surface area contributed by atoms with Crippen molar-refractivity contribution in [2.24, 2.45) is 0 Å². The Morgan fingerprint density at radius 2 is 1.80 bits per heavy atom. The summed E-state index contributed by atoms with van der Waals surface area (Å²) in [5.74, 6) is -0.256. The van der Waals surface area contributed by atoms with E-state index in [0.29, 0.717) is 5.69 Å². The standard InChI is InChI=1S/C11H12FN3/c1-7-11(13)8(2)15(14-7)10-5-3-9(12)4-6-10/h3-6H,13H2,1-2H3. The van der Waals surface area contributed by atoms with Crippen molar-refractivity contribution in [3.05, 3.63) is 41.5 Å². The molecule has 0 aliphatic rings. The molecule has 0 fully saturated rings. The van der Waals surface area contributed by atoms with Crippen molar-refractivity contribution in [1.82, 2.24) is 9.78 Å². The summed E-state index contributed by atoms with van der Waals surface area (Å²) < 4.78 is 14.4. The van der Waals surface area contributed by atoms with E-state index in [2.05, 4.69) is 5.10 Å². The Balaban J connectivity index is 2.54. The number of benzene rings is 1. The van der Waals surface area contributed by atoms with Gasteiger partial charge in [-0.15, -0.1) is 0 Å². The molecule has 78 valence electrons. The molecule has 0 aliphatic heterocycles. The summed E-state index contributed by atoms with van der Waals surface area (Å²) in [6, 6.07) is 6.16. The van der Waals surface area contributed by atoms with E-state index < -0.39 is 0 Å². The molecular formula is C11H12FN3. The highest BCUT2D eigenvalue weighted by atomic mass is 19.1.